The molecule has 1 fully saturated rings. The van der Waals surface area contributed by atoms with Crippen molar-refractivity contribution >= 4 is 5.91 Å². The van der Waals surface area contributed by atoms with Crippen molar-refractivity contribution in [3.63, 3.8) is 0 Å². The first-order chi connectivity index (χ1) is 8.75. The van der Waals surface area contributed by atoms with Gasteiger partial charge in [-0.2, -0.15) is 0 Å². The van der Waals surface area contributed by atoms with Crippen LogP contribution in [0, 0.1) is 0 Å². The van der Waals surface area contributed by atoms with E-state index in [1.54, 1.807) is 12.4 Å². The fourth-order valence-corrected chi connectivity index (χ4v) is 2.36. The molecule has 98 valence electrons. The first-order valence-electron chi connectivity index (χ1n) is 6.68. The Morgan fingerprint density at radius 2 is 2.06 bits per heavy atom. The van der Waals surface area contributed by atoms with Gasteiger partial charge in [0, 0.05) is 24.5 Å². The van der Waals surface area contributed by atoms with Gasteiger partial charge in [-0.1, -0.05) is 12.8 Å². The average Bonchev–Trinajstić information content (AvgIpc) is 2.90. The van der Waals surface area contributed by atoms with Crippen molar-refractivity contribution < 1.29 is 4.79 Å². The van der Waals surface area contributed by atoms with Gasteiger partial charge in [-0.3, -0.25) is 9.78 Å². The first kappa shape index (κ1) is 13.0. The van der Waals surface area contributed by atoms with Gasteiger partial charge in [0.2, 0.25) is 5.91 Å². The average molecular weight is 247 g/mol. The summed E-state index contributed by atoms with van der Waals surface area (Å²) in [6.45, 7) is 2.43. The van der Waals surface area contributed by atoms with E-state index < -0.39 is 0 Å². The molecule has 4 nitrogen and oxygen atoms in total. The van der Waals surface area contributed by atoms with Gasteiger partial charge in [0.1, 0.15) is 0 Å². The standard InChI is InChI=1S/C14H21N3O/c1-11(12-6-8-15-9-7-12)16-10-14(18)17-13-4-2-3-5-13/h6-9,11,13,16H,2-5,10H2,1H3,(H,17,18). The van der Waals surface area contributed by atoms with Crippen LogP contribution < -0.4 is 10.6 Å². The van der Waals surface area contributed by atoms with Crippen molar-refractivity contribution in [2.45, 2.75) is 44.7 Å². The SMILES string of the molecule is CC(NCC(=O)NC1CCCC1)c1ccncc1. The van der Waals surface area contributed by atoms with Gasteiger partial charge < -0.3 is 10.6 Å². The quantitative estimate of drug-likeness (QED) is 0.834. The molecule has 1 amide bonds. The minimum absolute atomic E-state index is 0.0998. The Balaban J connectivity index is 1.72. The molecule has 1 aromatic rings. The molecule has 0 aliphatic heterocycles. The summed E-state index contributed by atoms with van der Waals surface area (Å²) in [6, 6.07) is 4.50. The van der Waals surface area contributed by atoms with Crippen LogP contribution in [0.4, 0.5) is 0 Å². The molecule has 0 bridgehead atoms. The molecule has 1 aliphatic carbocycles. The summed E-state index contributed by atoms with van der Waals surface area (Å²) in [4.78, 5) is 15.7. The summed E-state index contributed by atoms with van der Waals surface area (Å²) in [7, 11) is 0. The van der Waals surface area contributed by atoms with Crippen LogP contribution in [-0.4, -0.2) is 23.5 Å². The number of pyridine rings is 1. The maximum Gasteiger partial charge on any atom is 0.234 e. The van der Waals surface area contributed by atoms with E-state index in [1.807, 2.05) is 12.1 Å². The summed E-state index contributed by atoms with van der Waals surface area (Å²) >= 11 is 0. The van der Waals surface area contributed by atoms with Gasteiger partial charge in [-0.15, -0.1) is 0 Å². The Morgan fingerprint density at radius 1 is 1.39 bits per heavy atom. The highest BCUT2D eigenvalue weighted by Gasteiger charge is 2.17. The Kier molecular flexibility index (Phi) is 4.70. The van der Waals surface area contributed by atoms with Crippen molar-refractivity contribution in [1.82, 2.24) is 15.6 Å². The molecule has 2 N–H and O–H groups in total. The lowest BCUT2D eigenvalue weighted by Crippen LogP contribution is -2.39. The maximum absolute atomic E-state index is 11.7. The lowest BCUT2D eigenvalue weighted by molar-refractivity contribution is -0.121. The number of nitrogens with one attached hydrogen (secondary N) is 2. The predicted octanol–water partition coefficient (Wildman–Crippen LogP) is 1.79. The summed E-state index contributed by atoms with van der Waals surface area (Å²) in [5.41, 5.74) is 1.15. The molecule has 4 heteroatoms. The molecule has 1 aromatic heterocycles. The van der Waals surface area contributed by atoms with Gasteiger partial charge in [0.25, 0.3) is 0 Å². The number of nitrogens with zero attached hydrogens (tertiary/aromatic N) is 1. The van der Waals surface area contributed by atoms with Crippen LogP contribution in [0.25, 0.3) is 0 Å². The van der Waals surface area contributed by atoms with E-state index in [0.717, 1.165) is 18.4 Å². The van der Waals surface area contributed by atoms with E-state index >= 15 is 0 Å². The Morgan fingerprint density at radius 3 is 2.72 bits per heavy atom. The minimum atomic E-state index is 0.0998. The van der Waals surface area contributed by atoms with Gasteiger partial charge in [-0.25, -0.2) is 0 Å². The van der Waals surface area contributed by atoms with Crippen LogP contribution in [0.1, 0.15) is 44.2 Å². The fourth-order valence-electron chi connectivity index (χ4n) is 2.36. The van der Waals surface area contributed by atoms with E-state index in [2.05, 4.69) is 22.5 Å². The van der Waals surface area contributed by atoms with Gasteiger partial charge in [0.05, 0.1) is 6.54 Å². The van der Waals surface area contributed by atoms with Gasteiger partial charge in [-0.05, 0) is 37.5 Å². The third-order valence-corrected chi connectivity index (χ3v) is 3.50. The lowest BCUT2D eigenvalue weighted by Gasteiger charge is -2.16. The van der Waals surface area contributed by atoms with Crippen LogP contribution >= 0.6 is 0 Å². The normalized spacial score (nSPS) is 17.6. The van der Waals surface area contributed by atoms with Crippen molar-refractivity contribution in [3.05, 3.63) is 30.1 Å². The van der Waals surface area contributed by atoms with Crippen LogP contribution in [0.3, 0.4) is 0 Å². The molecule has 18 heavy (non-hydrogen) atoms. The van der Waals surface area contributed by atoms with Crippen molar-refractivity contribution in [2.75, 3.05) is 6.54 Å². The summed E-state index contributed by atoms with van der Waals surface area (Å²) in [5, 5.41) is 6.30. The first-order valence-corrected chi connectivity index (χ1v) is 6.68. The van der Waals surface area contributed by atoms with Crippen LogP contribution in [0.2, 0.25) is 0 Å². The molecule has 0 radical (unpaired) electrons. The van der Waals surface area contributed by atoms with Gasteiger partial charge >= 0.3 is 0 Å². The molecular formula is C14H21N3O. The Labute approximate surface area is 108 Å². The van der Waals surface area contributed by atoms with Gasteiger partial charge in [0.15, 0.2) is 0 Å². The van der Waals surface area contributed by atoms with E-state index in [4.69, 9.17) is 0 Å². The van der Waals surface area contributed by atoms with Crippen LogP contribution in [-0.2, 0) is 4.79 Å². The number of carbonyl (C=O) groups is 1. The Bertz CT molecular complexity index is 374. The highest BCUT2D eigenvalue weighted by Crippen LogP contribution is 2.17. The zero-order valence-corrected chi connectivity index (χ0v) is 10.9. The second-order valence-electron chi connectivity index (χ2n) is 4.93. The third-order valence-electron chi connectivity index (χ3n) is 3.50. The van der Waals surface area contributed by atoms with E-state index in [1.165, 1.54) is 12.8 Å². The smallest absolute Gasteiger partial charge is 0.234 e. The molecule has 0 aromatic carbocycles. The highest BCUT2D eigenvalue weighted by atomic mass is 16.1. The van der Waals surface area contributed by atoms with E-state index in [9.17, 15) is 4.79 Å². The van der Waals surface area contributed by atoms with E-state index in [-0.39, 0.29) is 11.9 Å². The highest BCUT2D eigenvalue weighted by molar-refractivity contribution is 5.78. The second-order valence-corrected chi connectivity index (χ2v) is 4.93. The number of hydrogen-bond acceptors (Lipinski definition) is 3. The van der Waals surface area contributed by atoms with Crippen LogP contribution in [0.5, 0.6) is 0 Å². The van der Waals surface area contributed by atoms with Crippen molar-refractivity contribution in [3.8, 4) is 0 Å². The topological polar surface area (TPSA) is 54.0 Å². The molecular weight excluding hydrogens is 226 g/mol. The minimum Gasteiger partial charge on any atom is -0.352 e. The fraction of sp³-hybridized carbons (Fsp3) is 0.571. The Hall–Kier alpha value is -1.42. The summed E-state index contributed by atoms with van der Waals surface area (Å²) in [5.74, 6) is 0.0998. The molecule has 0 spiro atoms. The maximum atomic E-state index is 11.7. The van der Waals surface area contributed by atoms with Crippen LogP contribution in [0.15, 0.2) is 24.5 Å². The molecule has 2 rings (SSSR count). The van der Waals surface area contributed by atoms with E-state index in [0.29, 0.717) is 12.6 Å². The zero-order chi connectivity index (χ0) is 12.8. The summed E-state index contributed by atoms with van der Waals surface area (Å²) < 4.78 is 0. The molecule has 1 unspecified atom stereocenters. The predicted molar refractivity (Wildman–Crippen MR) is 71.1 cm³/mol. The number of carbonyl (C=O) groups excluding carboxylic acids is 1. The number of hydrogen-bond donors (Lipinski definition) is 2. The largest absolute Gasteiger partial charge is 0.352 e. The zero-order valence-electron chi connectivity index (χ0n) is 10.9. The second kappa shape index (κ2) is 6.50. The molecule has 0 saturated heterocycles. The third kappa shape index (κ3) is 3.81. The number of rotatable bonds is 5. The molecule has 1 saturated carbocycles. The lowest BCUT2D eigenvalue weighted by atomic mass is 10.1. The number of amides is 1. The number of aromatic nitrogens is 1. The molecule has 1 aliphatic rings. The monoisotopic (exact) mass is 247 g/mol. The van der Waals surface area contributed by atoms with Crippen molar-refractivity contribution in [2.24, 2.45) is 0 Å². The molecule has 1 atom stereocenters. The molecule has 1 heterocycles. The van der Waals surface area contributed by atoms with Crippen molar-refractivity contribution in [1.29, 1.82) is 0 Å². The summed E-state index contributed by atoms with van der Waals surface area (Å²) in [6.07, 6.45) is 8.28.